The highest BCUT2D eigenvalue weighted by Gasteiger charge is 2.31. The van der Waals surface area contributed by atoms with Crippen molar-refractivity contribution in [2.45, 2.75) is 44.8 Å². The molecule has 0 aliphatic heterocycles. The molecular formula is C15H22ClF3N4O. The van der Waals surface area contributed by atoms with E-state index in [-0.39, 0.29) is 29.7 Å². The number of amides is 1. The summed E-state index contributed by atoms with van der Waals surface area (Å²) in [6.07, 6.45) is -2.19. The van der Waals surface area contributed by atoms with Gasteiger partial charge in [-0.15, -0.1) is 0 Å². The van der Waals surface area contributed by atoms with Crippen LogP contribution in [0.3, 0.4) is 0 Å². The molecule has 1 heterocycles. The molecule has 0 spiro atoms. The third-order valence-electron chi connectivity index (χ3n) is 3.86. The number of halogens is 4. The molecule has 0 aliphatic rings. The lowest BCUT2D eigenvalue weighted by atomic mass is 9.94. The molecule has 1 amide bonds. The van der Waals surface area contributed by atoms with Crippen LogP contribution in [-0.2, 0) is 11.0 Å². The van der Waals surface area contributed by atoms with E-state index in [2.05, 4.69) is 15.6 Å². The molecule has 1 aromatic rings. The van der Waals surface area contributed by atoms with Crippen LogP contribution in [0, 0.1) is 0 Å². The van der Waals surface area contributed by atoms with Crippen LogP contribution >= 0.6 is 11.6 Å². The van der Waals surface area contributed by atoms with Gasteiger partial charge in [-0.05, 0) is 18.9 Å². The fourth-order valence-electron chi connectivity index (χ4n) is 1.88. The highest BCUT2D eigenvalue weighted by Crippen LogP contribution is 2.32. The van der Waals surface area contributed by atoms with Gasteiger partial charge in [-0.3, -0.25) is 4.79 Å². The molecular weight excluding hydrogens is 345 g/mol. The van der Waals surface area contributed by atoms with Crippen molar-refractivity contribution in [3.63, 3.8) is 0 Å². The van der Waals surface area contributed by atoms with Gasteiger partial charge in [0.25, 0.3) is 0 Å². The van der Waals surface area contributed by atoms with Crippen molar-refractivity contribution >= 4 is 23.3 Å². The van der Waals surface area contributed by atoms with Crippen molar-refractivity contribution in [3.05, 3.63) is 22.8 Å². The lowest BCUT2D eigenvalue weighted by Gasteiger charge is -2.26. The zero-order valence-electron chi connectivity index (χ0n) is 13.6. The topological polar surface area (TPSA) is 80.0 Å². The van der Waals surface area contributed by atoms with Crippen molar-refractivity contribution in [2.75, 3.05) is 18.4 Å². The smallest absolute Gasteiger partial charge is 0.368 e. The third kappa shape index (κ3) is 6.16. The van der Waals surface area contributed by atoms with E-state index in [1.165, 1.54) is 0 Å². The summed E-state index contributed by atoms with van der Waals surface area (Å²) in [5.74, 6) is -0.102. The Labute approximate surface area is 144 Å². The predicted molar refractivity (Wildman–Crippen MR) is 87.9 cm³/mol. The first kappa shape index (κ1) is 20.5. The molecule has 0 fully saturated rings. The van der Waals surface area contributed by atoms with E-state index in [9.17, 15) is 18.0 Å². The number of carbonyl (C=O) groups is 1. The molecule has 0 radical (unpaired) electrons. The first-order chi connectivity index (χ1) is 11.1. The number of nitrogens with one attached hydrogen (secondary N) is 2. The lowest BCUT2D eigenvalue weighted by Crippen LogP contribution is -2.49. The van der Waals surface area contributed by atoms with Crippen LogP contribution in [0.2, 0.25) is 5.02 Å². The quantitative estimate of drug-likeness (QED) is 0.660. The van der Waals surface area contributed by atoms with E-state index in [1.54, 1.807) is 0 Å². The number of nitrogens with zero attached hydrogens (tertiary/aromatic N) is 1. The number of carbonyl (C=O) groups excluding carboxylic acids is 1. The maximum absolute atomic E-state index is 12.5. The first-order valence-electron chi connectivity index (χ1n) is 7.63. The van der Waals surface area contributed by atoms with Crippen molar-refractivity contribution in [1.29, 1.82) is 0 Å². The zero-order valence-corrected chi connectivity index (χ0v) is 14.4. The highest BCUT2D eigenvalue weighted by atomic mass is 35.5. The van der Waals surface area contributed by atoms with Gasteiger partial charge in [0.1, 0.15) is 5.82 Å². The van der Waals surface area contributed by atoms with Gasteiger partial charge < -0.3 is 16.4 Å². The van der Waals surface area contributed by atoms with Gasteiger partial charge in [0.15, 0.2) is 0 Å². The molecule has 0 aromatic carbocycles. The summed E-state index contributed by atoms with van der Waals surface area (Å²) in [6, 6.07) is 0.794. The number of rotatable bonds is 8. The van der Waals surface area contributed by atoms with Gasteiger partial charge >= 0.3 is 6.18 Å². The molecule has 5 nitrogen and oxygen atoms in total. The van der Waals surface area contributed by atoms with Crippen molar-refractivity contribution in [1.82, 2.24) is 10.3 Å². The lowest BCUT2D eigenvalue weighted by molar-refractivity contribution is -0.137. The van der Waals surface area contributed by atoms with Gasteiger partial charge in [0.05, 0.1) is 10.6 Å². The van der Waals surface area contributed by atoms with Gasteiger partial charge in [-0.1, -0.05) is 25.4 Å². The zero-order chi connectivity index (χ0) is 18.4. The normalized spacial score (nSPS) is 12.1. The predicted octanol–water partition coefficient (Wildman–Crippen LogP) is 3.19. The van der Waals surface area contributed by atoms with E-state index in [4.69, 9.17) is 17.3 Å². The number of alkyl halides is 3. The Morgan fingerprint density at radius 3 is 2.46 bits per heavy atom. The minimum atomic E-state index is -4.50. The largest absolute Gasteiger partial charge is 0.417 e. The summed E-state index contributed by atoms with van der Waals surface area (Å²) < 4.78 is 37.5. The Morgan fingerprint density at radius 2 is 1.96 bits per heavy atom. The molecule has 136 valence electrons. The standard InChI is InChI=1S/C15H22ClF3N4O/c1-3-14(20,4-2)9-23-12(24)5-6-21-13-11(16)7-10(8-22-13)15(17,18)19/h7-8H,3-6,9,20H2,1-2H3,(H,21,22)(H,23,24). The molecule has 1 rings (SSSR count). The maximum Gasteiger partial charge on any atom is 0.417 e. The summed E-state index contributed by atoms with van der Waals surface area (Å²) in [6.45, 7) is 4.48. The van der Waals surface area contributed by atoms with Crippen LogP contribution in [-0.4, -0.2) is 29.5 Å². The Morgan fingerprint density at radius 1 is 1.33 bits per heavy atom. The summed E-state index contributed by atoms with van der Waals surface area (Å²) in [5.41, 5.74) is 4.73. The van der Waals surface area contributed by atoms with Crippen LogP contribution in [0.25, 0.3) is 0 Å². The Hall–Kier alpha value is -1.54. The summed E-state index contributed by atoms with van der Waals surface area (Å²) in [4.78, 5) is 15.4. The second-order valence-electron chi connectivity index (χ2n) is 5.58. The number of hydrogen-bond acceptors (Lipinski definition) is 4. The number of aromatic nitrogens is 1. The molecule has 24 heavy (non-hydrogen) atoms. The fraction of sp³-hybridized carbons (Fsp3) is 0.600. The number of anilines is 1. The Bertz CT molecular complexity index is 562. The molecule has 4 N–H and O–H groups in total. The fourth-order valence-corrected chi connectivity index (χ4v) is 2.11. The SMILES string of the molecule is CCC(N)(CC)CNC(=O)CCNc1ncc(C(F)(F)F)cc1Cl. The van der Waals surface area contributed by atoms with Gasteiger partial charge in [0.2, 0.25) is 5.91 Å². The monoisotopic (exact) mass is 366 g/mol. The van der Waals surface area contributed by atoms with Crippen molar-refractivity contribution in [3.8, 4) is 0 Å². The Kier molecular flexibility index (Phi) is 7.28. The van der Waals surface area contributed by atoms with Gasteiger partial charge in [-0.25, -0.2) is 4.98 Å². The molecule has 1 aromatic heterocycles. The molecule has 0 atom stereocenters. The van der Waals surface area contributed by atoms with Crippen molar-refractivity contribution < 1.29 is 18.0 Å². The number of pyridine rings is 1. The molecule has 9 heteroatoms. The van der Waals surface area contributed by atoms with Crippen molar-refractivity contribution in [2.24, 2.45) is 5.73 Å². The number of hydrogen-bond donors (Lipinski definition) is 3. The van der Waals surface area contributed by atoms with E-state index < -0.39 is 17.3 Å². The van der Waals surface area contributed by atoms with E-state index in [1.807, 2.05) is 13.8 Å². The summed E-state index contributed by atoms with van der Waals surface area (Å²) in [7, 11) is 0. The minimum absolute atomic E-state index is 0.104. The average Bonchev–Trinajstić information content (AvgIpc) is 2.53. The first-order valence-corrected chi connectivity index (χ1v) is 8.01. The van der Waals surface area contributed by atoms with Crippen LogP contribution < -0.4 is 16.4 Å². The molecule has 0 aliphatic carbocycles. The minimum Gasteiger partial charge on any atom is -0.368 e. The maximum atomic E-state index is 12.5. The van der Waals surface area contributed by atoms with E-state index >= 15 is 0 Å². The highest BCUT2D eigenvalue weighted by molar-refractivity contribution is 6.32. The van der Waals surface area contributed by atoms with Crippen LogP contribution in [0.4, 0.5) is 19.0 Å². The van der Waals surface area contributed by atoms with E-state index in [0.717, 1.165) is 18.9 Å². The molecule has 0 saturated heterocycles. The van der Waals surface area contributed by atoms with Crippen LogP contribution in [0.5, 0.6) is 0 Å². The van der Waals surface area contributed by atoms with Gasteiger partial charge in [-0.2, -0.15) is 13.2 Å². The Balaban J connectivity index is 2.46. The summed E-state index contributed by atoms with van der Waals surface area (Å²) in [5, 5.41) is 5.34. The van der Waals surface area contributed by atoms with Crippen LogP contribution in [0.1, 0.15) is 38.7 Å². The van der Waals surface area contributed by atoms with Crippen LogP contribution in [0.15, 0.2) is 12.3 Å². The van der Waals surface area contributed by atoms with E-state index in [0.29, 0.717) is 12.7 Å². The summed E-state index contributed by atoms with van der Waals surface area (Å²) >= 11 is 5.77. The van der Waals surface area contributed by atoms with Gasteiger partial charge in [0, 0.05) is 31.2 Å². The molecule has 0 saturated carbocycles. The third-order valence-corrected chi connectivity index (χ3v) is 4.15. The second kappa shape index (κ2) is 8.53. The average molecular weight is 367 g/mol. The molecule has 0 bridgehead atoms. The molecule has 0 unspecified atom stereocenters. The second-order valence-corrected chi connectivity index (χ2v) is 5.98. The number of nitrogens with two attached hydrogens (primary N) is 1.